The lowest BCUT2D eigenvalue weighted by atomic mass is 10.3. The minimum Gasteiger partial charge on any atom is -0.293 e. The summed E-state index contributed by atoms with van der Waals surface area (Å²) in [6, 6.07) is 0. The highest BCUT2D eigenvalue weighted by Gasteiger charge is 2.35. The normalized spacial score (nSPS) is 11.8. The van der Waals surface area contributed by atoms with Gasteiger partial charge in [0.05, 0.1) is 11.3 Å². The molecule has 0 aromatic carbocycles. The Morgan fingerprint density at radius 2 is 2.17 bits per heavy atom. The Morgan fingerprint density at radius 1 is 1.44 bits per heavy atom. The van der Waals surface area contributed by atoms with E-state index in [-0.39, 0.29) is 11.3 Å². The Morgan fingerprint density at radius 3 is 2.67 bits per heavy atom. The van der Waals surface area contributed by atoms with E-state index < -0.39 is 17.0 Å². The van der Waals surface area contributed by atoms with Gasteiger partial charge in [-0.25, -0.2) is 9.97 Å². The van der Waals surface area contributed by atoms with Crippen LogP contribution in [0.25, 0.3) is 0 Å². The summed E-state index contributed by atoms with van der Waals surface area (Å²) in [5.41, 5.74) is 0.795. The molecule has 2 aromatic rings. The minimum atomic E-state index is -4.50. The molecule has 3 nitrogen and oxygen atoms in total. The number of hydrogen-bond acceptors (Lipinski definition) is 5. The number of alkyl halides is 3. The second-order valence-corrected chi connectivity index (χ2v) is 5.48. The molecule has 2 rings (SSSR count). The molecule has 0 unspecified atom stereocenters. The van der Waals surface area contributed by atoms with Crippen LogP contribution in [-0.2, 0) is 12.6 Å². The Labute approximate surface area is 108 Å². The van der Waals surface area contributed by atoms with Crippen molar-refractivity contribution in [3.8, 4) is 0 Å². The molecule has 8 heteroatoms. The molecule has 2 aromatic heterocycles. The average Bonchev–Trinajstić information content (AvgIpc) is 2.85. The van der Waals surface area contributed by atoms with Gasteiger partial charge < -0.3 is 0 Å². The SMILES string of the molecule is Cc1csc(CC(=O)c2cnc(C(F)(F)F)s2)n1. The molecule has 96 valence electrons. The molecule has 0 N–H and O–H groups in total. The molecule has 0 aliphatic rings. The highest BCUT2D eigenvalue weighted by atomic mass is 32.1. The van der Waals surface area contributed by atoms with E-state index in [2.05, 4.69) is 9.97 Å². The summed E-state index contributed by atoms with van der Waals surface area (Å²) in [4.78, 5) is 19.0. The van der Waals surface area contributed by atoms with Crippen molar-refractivity contribution >= 4 is 28.5 Å². The average molecular weight is 292 g/mol. The van der Waals surface area contributed by atoms with Gasteiger partial charge in [-0.05, 0) is 6.92 Å². The monoisotopic (exact) mass is 292 g/mol. The number of aryl methyl sites for hydroxylation is 1. The number of rotatable bonds is 3. The van der Waals surface area contributed by atoms with Gasteiger partial charge >= 0.3 is 6.18 Å². The number of thiazole rings is 2. The zero-order chi connectivity index (χ0) is 13.3. The first-order chi connectivity index (χ1) is 8.36. The van der Waals surface area contributed by atoms with Crippen molar-refractivity contribution in [1.29, 1.82) is 0 Å². The molecule has 0 saturated heterocycles. The molecule has 18 heavy (non-hydrogen) atoms. The molecular weight excluding hydrogens is 285 g/mol. The molecule has 0 radical (unpaired) electrons. The highest BCUT2D eigenvalue weighted by molar-refractivity contribution is 7.14. The van der Waals surface area contributed by atoms with Crippen LogP contribution >= 0.6 is 22.7 Å². The maximum Gasteiger partial charge on any atom is 0.443 e. The third-order valence-electron chi connectivity index (χ3n) is 2.00. The van der Waals surface area contributed by atoms with Crippen LogP contribution in [-0.4, -0.2) is 15.8 Å². The first-order valence-corrected chi connectivity index (χ1v) is 6.53. The predicted molar refractivity (Wildman–Crippen MR) is 62.0 cm³/mol. The number of nitrogens with zero attached hydrogens (tertiary/aromatic N) is 2. The second-order valence-electron chi connectivity index (χ2n) is 3.51. The molecule has 2 heterocycles. The van der Waals surface area contributed by atoms with Gasteiger partial charge in [0.1, 0.15) is 5.01 Å². The van der Waals surface area contributed by atoms with E-state index in [0.717, 1.165) is 11.9 Å². The summed E-state index contributed by atoms with van der Waals surface area (Å²) in [6.45, 7) is 1.79. The fourth-order valence-corrected chi connectivity index (χ4v) is 2.73. The number of hydrogen-bond donors (Lipinski definition) is 0. The van der Waals surface area contributed by atoms with Gasteiger partial charge in [-0.3, -0.25) is 4.79 Å². The Kier molecular flexibility index (Phi) is 3.49. The minimum absolute atomic E-state index is 0.00942. The van der Waals surface area contributed by atoms with Crippen molar-refractivity contribution in [3.05, 3.63) is 32.2 Å². The van der Waals surface area contributed by atoms with E-state index >= 15 is 0 Å². The topological polar surface area (TPSA) is 42.9 Å². The van der Waals surface area contributed by atoms with Crippen LogP contribution in [0.1, 0.15) is 25.4 Å². The summed E-state index contributed by atoms with van der Waals surface area (Å²) in [6.07, 6.45) is -3.52. The first-order valence-electron chi connectivity index (χ1n) is 4.83. The molecular formula is C10H7F3N2OS2. The van der Waals surface area contributed by atoms with Gasteiger partial charge in [0.15, 0.2) is 10.8 Å². The molecule has 0 fully saturated rings. The summed E-state index contributed by atoms with van der Waals surface area (Å²) in [5, 5.41) is 1.39. The Balaban J connectivity index is 2.12. The smallest absolute Gasteiger partial charge is 0.293 e. The lowest BCUT2D eigenvalue weighted by molar-refractivity contribution is -0.137. The van der Waals surface area contributed by atoms with Crippen molar-refractivity contribution in [2.24, 2.45) is 0 Å². The second kappa shape index (κ2) is 4.77. The molecule has 0 aliphatic heterocycles. The Bertz CT molecular complexity index is 574. The summed E-state index contributed by atoms with van der Waals surface area (Å²) in [7, 11) is 0. The van der Waals surface area contributed by atoms with E-state index in [1.165, 1.54) is 11.3 Å². The lowest BCUT2D eigenvalue weighted by Crippen LogP contribution is -2.03. The van der Waals surface area contributed by atoms with Crippen molar-refractivity contribution in [2.75, 3.05) is 0 Å². The number of Topliss-reactive ketones (excluding diaryl/α,β-unsaturated/α-hetero) is 1. The fraction of sp³-hybridized carbons (Fsp3) is 0.300. The van der Waals surface area contributed by atoms with Crippen LogP contribution in [0.2, 0.25) is 0 Å². The number of aromatic nitrogens is 2. The summed E-state index contributed by atoms with van der Waals surface area (Å²) < 4.78 is 37.0. The van der Waals surface area contributed by atoms with Crippen LogP contribution in [0.4, 0.5) is 13.2 Å². The fourth-order valence-electron chi connectivity index (χ4n) is 1.24. The van der Waals surface area contributed by atoms with Crippen LogP contribution in [0.3, 0.4) is 0 Å². The van der Waals surface area contributed by atoms with Gasteiger partial charge in [0.2, 0.25) is 0 Å². The maximum atomic E-state index is 12.3. The van der Waals surface area contributed by atoms with Crippen molar-refractivity contribution in [2.45, 2.75) is 19.5 Å². The molecule has 0 saturated carbocycles. The molecule has 0 spiro atoms. The summed E-state index contributed by atoms with van der Waals surface area (Å²) >= 11 is 1.68. The van der Waals surface area contributed by atoms with E-state index in [4.69, 9.17) is 0 Å². The van der Waals surface area contributed by atoms with E-state index in [1.54, 1.807) is 12.3 Å². The van der Waals surface area contributed by atoms with Gasteiger partial charge in [-0.2, -0.15) is 13.2 Å². The number of carbonyl (C=O) groups excluding carboxylic acids is 1. The standard InChI is InChI=1S/C10H7F3N2OS2/c1-5-4-17-8(15-5)2-6(16)7-3-14-9(18-7)10(11,12)13/h3-4H,2H2,1H3. The maximum absolute atomic E-state index is 12.3. The third kappa shape index (κ3) is 2.94. The van der Waals surface area contributed by atoms with Crippen molar-refractivity contribution < 1.29 is 18.0 Å². The predicted octanol–water partition coefficient (Wildman–Crippen LogP) is 3.35. The number of halogens is 3. The Hall–Kier alpha value is -1.28. The molecule has 0 amide bonds. The van der Waals surface area contributed by atoms with E-state index in [0.29, 0.717) is 16.3 Å². The molecule has 0 aliphatic carbocycles. The van der Waals surface area contributed by atoms with Crippen LogP contribution in [0.15, 0.2) is 11.6 Å². The van der Waals surface area contributed by atoms with Gasteiger partial charge in [0.25, 0.3) is 0 Å². The third-order valence-corrected chi connectivity index (χ3v) is 4.05. The number of ketones is 1. The first kappa shape index (κ1) is 13.2. The number of carbonyl (C=O) groups is 1. The molecule has 0 bridgehead atoms. The zero-order valence-corrected chi connectivity index (χ0v) is 10.7. The quantitative estimate of drug-likeness (QED) is 0.815. The van der Waals surface area contributed by atoms with Crippen LogP contribution in [0, 0.1) is 6.92 Å². The van der Waals surface area contributed by atoms with Gasteiger partial charge in [-0.1, -0.05) is 0 Å². The lowest BCUT2D eigenvalue weighted by Gasteiger charge is -1.98. The van der Waals surface area contributed by atoms with Crippen molar-refractivity contribution in [3.63, 3.8) is 0 Å². The van der Waals surface area contributed by atoms with Gasteiger partial charge in [0, 0.05) is 17.3 Å². The van der Waals surface area contributed by atoms with E-state index in [9.17, 15) is 18.0 Å². The van der Waals surface area contributed by atoms with Crippen molar-refractivity contribution in [1.82, 2.24) is 9.97 Å². The highest BCUT2D eigenvalue weighted by Crippen LogP contribution is 2.32. The van der Waals surface area contributed by atoms with Gasteiger partial charge in [-0.15, -0.1) is 22.7 Å². The zero-order valence-electron chi connectivity index (χ0n) is 9.11. The molecule has 0 atom stereocenters. The van der Waals surface area contributed by atoms with E-state index in [1.807, 2.05) is 0 Å². The van der Waals surface area contributed by atoms with Crippen LogP contribution < -0.4 is 0 Å². The van der Waals surface area contributed by atoms with Crippen LogP contribution in [0.5, 0.6) is 0 Å². The summed E-state index contributed by atoms with van der Waals surface area (Å²) in [5.74, 6) is -0.391. The largest absolute Gasteiger partial charge is 0.443 e.